The number of H-pyrrole nitrogens is 1. The van der Waals surface area contributed by atoms with Gasteiger partial charge < -0.3 is 4.98 Å². The number of aromatic nitrogens is 2. The Hall–Kier alpha value is -1.31. The minimum Gasteiger partial charge on any atom is -0.364 e. The van der Waals surface area contributed by atoms with E-state index >= 15 is 0 Å². The average molecular weight is 136 g/mol. The van der Waals surface area contributed by atoms with E-state index in [-0.39, 0.29) is 1.43 Å². The summed E-state index contributed by atoms with van der Waals surface area (Å²) >= 11 is 0. The first-order chi connectivity index (χ1) is 4.89. The van der Waals surface area contributed by atoms with Gasteiger partial charge in [0.05, 0.1) is 0 Å². The van der Waals surface area contributed by atoms with Crippen LogP contribution in [0, 0.1) is 6.92 Å². The molecule has 0 atom stereocenters. The van der Waals surface area contributed by atoms with Crippen molar-refractivity contribution in [3.8, 4) is 0 Å². The molecule has 54 valence electrons. The summed E-state index contributed by atoms with van der Waals surface area (Å²) in [5.41, 5.74) is 1.04. The van der Waals surface area contributed by atoms with Gasteiger partial charge in [0, 0.05) is 25.7 Å². The third-order valence-corrected chi connectivity index (χ3v) is 1.07. The first-order valence-corrected chi connectivity index (χ1v) is 3.18. The molecular weight excluding hydrogens is 124 g/mol. The molecule has 1 heterocycles. The second-order valence-electron chi connectivity index (χ2n) is 2.00. The molecule has 10 heavy (non-hydrogen) atoms. The molecule has 0 aliphatic carbocycles. The number of hydrogen-bond acceptors (Lipinski definition) is 1. The molecule has 0 radical (unpaired) electrons. The third kappa shape index (κ3) is 2.31. The maximum Gasteiger partial charge on any atom is 0.0457 e. The van der Waals surface area contributed by atoms with Crippen LogP contribution in [0.5, 0.6) is 0 Å². The van der Waals surface area contributed by atoms with Crippen LogP contribution in [0.2, 0.25) is 0 Å². The molecule has 0 bridgehead atoms. The molecule has 0 unspecified atom stereocenters. The molecule has 1 aromatic heterocycles. The summed E-state index contributed by atoms with van der Waals surface area (Å²) < 4.78 is 0. The van der Waals surface area contributed by atoms with Crippen molar-refractivity contribution in [2.45, 2.75) is 6.92 Å². The number of nitrogens with zero attached hydrogens (tertiary/aromatic N) is 1. The fraction of sp³-hybridized carbons (Fsp3) is 0.125. The molecule has 2 heteroatoms. The van der Waals surface area contributed by atoms with Gasteiger partial charge in [-0.05, 0) is 19.1 Å². The van der Waals surface area contributed by atoms with Crippen molar-refractivity contribution in [3.63, 3.8) is 0 Å². The second kappa shape index (κ2) is 3.67. The molecule has 0 aliphatic heterocycles. The zero-order valence-electron chi connectivity index (χ0n) is 5.91. The van der Waals surface area contributed by atoms with Crippen molar-refractivity contribution in [3.05, 3.63) is 42.5 Å². The van der Waals surface area contributed by atoms with E-state index in [1.165, 1.54) is 0 Å². The smallest absolute Gasteiger partial charge is 0.0457 e. The quantitative estimate of drug-likeness (QED) is 0.581. The third-order valence-electron chi connectivity index (χ3n) is 1.07. The predicted octanol–water partition coefficient (Wildman–Crippen LogP) is 2.09. The number of nitrogens with one attached hydrogen (secondary N) is 1. The van der Waals surface area contributed by atoms with Gasteiger partial charge in [0.1, 0.15) is 0 Å². The van der Waals surface area contributed by atoms with E-state index in [9.17, 15) is 0 Å². The van der Waals surface area contributed by atoms with Gasteiger partial charge in [-0.15, -0.1) is 0 Å². The van der Waals surface area contributed by atoms with Gasteiger partial charge >= 0.3 is 0 Å². The van der Waals surface area contributed by atoms with Crippen molar-refractivity contribution in [2.24, 2.45) is 0 Å². The largest absolute Gasteiger partial charge is 0.364 e. The highest BCUT2D eigenvalue weighted by Gasteiger charge is 1.70. The lowest BCUT2D eigenvalue weighted by molar-refractivity contribution is 1.18. The number of hydrogen-bond donors (Lipinski definition) is 1. The maximum absolute atomic E-state index is 4.00. The summed E-state index contributed by atoms with van der Waals surface area (Å²) in [5.74, 6) is 0. The molecule has 0 aromatic carbocycles. The van der Waals surface area contributed by atoms with E-state index in [0.717, 1.165) is 5.69 Å². The Morgan fingerprint density at radius 3 is 3.20 bits per heavy atom. The van der Waals surface area contributed by atoms with E-state index in [0.29, 0.717) is 0 Å². The highest BCUT2D eigenvalue weighted by Crippen LogP contribution is 1.81. The molecule has 0 spiro atoms. The topological polar surface area (TPSA) is 28.7 Å². The van der Waals surface area contributed by atoms with E-state index in [1.807, 2.05) is 31.3 Å². The molecule has 1 N–H and O–H groups in total. The summed E-state index contributed by atoms with van der Waals surface area (Å²) in [5, 5.41) is 0. The lowest BCUT2D eigenvalue weighted by atomic mass is 10.5. The average Bonchev–Trinajstić information content (AvgIpc) is 2.02. The minimum absolute atomic E-state index is 0. The standard InChI is InChI=1S/C8H10N2.H2/c1-8-7-9-5-3-2-4-6-10-8;/h2-7,10H,1H3;1H. The van der Waals surface area contributed by atoms with Gasteiger partial charge in [-0.3, -0.25) is 4.98 Å². The summed E-state index contributed by atoms with van der Waals surface area (Å²) in [6, 6.07) is 5.73. The number of aromatic amines is 1. The first-order valence-electron chi connectivity index (χ1n) is 3.18. The molecule has 0 amide bonds. The first kappa shape index (κ1) is 6.81. The molecule has 1 rings (SSSR count). The Kier molecular flexibility index (Phi) is 2.49. The van der Waals surface area contributed by atoms with Gasteiger partial charge in [0.15, 0.2) is 0 Å². The lowest BCUT2D eigenvalue weighted by Gasteiger charge is -1.79. The summed E-state index contributed by atoms with van der Waals surface area (Å²) in [7, 11) is 0. The van der Waals surface area contributed by atoms with Crippen LogP contribution in [-0.2, 0) is 0 Å². The van der Waals surface area contributed by atoms with Crippen LogP contribution in [0.1, 0.15) is 7.12 Å². The fourth-order valence-corrected chi connectivity index (χ4v) is 0.591. The molecule has 0 saturated heterocycles. The second-order valence-corrected chi connectivity index (χ2v) is 2.00. The maximum atomic E-state index is 4.00. The minimum atomic E-state index is 0. The predicted molar refractivity (Wildman–Crippen MR) is 43.1 cm³/mol. The van der Waals surface area contributed by atoms with E-state index < -0.39 is 0 Å². The van der Waals surface area contributed by atoms with Crippen LogP contribution in [0.4, 0.5) is 0 Å². The van der Waals surface area contributed by atoms with Crippen LogP contribution >= 0.6 is 0 Å². The van der Waals surface area contributed by atoms with Crippen LogP contribution in [0.25, 0.3) is 0 Å². The molecule has 0 aliphatic rings. The fourth-order valence-electron chi connectivity index (χ4n) is 0.591. The molecule has 0 fully saturated rings. The zero-order chi connectivity index (χ0) is 7.23. The van der Waals surface area contributed by atoms with Crippen LogP contribution in [0.3, 0.4) is 0 Å². The van der Waals surface area contributed by atoms with Crippen LogP contribution < -0.4 is 0 Å². The Balaban J connectivity index is 0.000001000. The number of rotatable bonds is 0. The highest BCUT2D eigenvalue weighted by molar-refractivity contribution is 4.92. The molecular formula is C8H12N2. The normalized spacial score (nSPS) is 8.50. The van der Waals surface area contributed by atoms with E-state index in [2.05, 4.69) is 9.97 Å². The molecule has 0 saturated carbocycles. The zero-order valence-corrected chi connectivity index (χ0v) is 5.91. The van der Waals surface area contributed by atoms with Crippen LogP contribution in [0.15, 0.2) is 36.8 Å². The van der Waals surface area contributed by atoms with Crippen molar-refractivity contribution in [2.75, 3.05) is 0 Å². The van der Waals surface area contributed by atoms with E-state index in [1.54, 1.807) is 12.4 Å². The van der Waals surface area contributed by atoms with Gasteiger partial charge in [-0.25, -0.2) is 0 Å². The van der Waals surface area contributed by atoms with Gasteiger partial charge in [0.25, 0.3) is 0 Å². The monoisotopic (exact) mass is 136 g/mol. The van der Waals surface area contributed by atoms with Gasteiger partial charge in [0.2, 0.25) is 0 Å². The Morgan fingerprint density at radius 2 is 2.30 bits per heavy atom. The van der Waals surface area contributed by atoms with Crippen molar-refractivity contribution in [1.29, 1.82) is 0 Å². The molecule has 1 aromatic rings. The number of aryl methyl sites for hydroxylation is 1. The molecule has 2 nitrogen and oxygen atoms in total. The van der Waals surface area contributed by atoms with Gasteiger partial charge in [-0.1, -0.05) is 6.07 Å². The Bertz CT molecular complexity index is 220. The van der Waals surface area contributed by atoms with Crippen molar-refractivity contribution in [1.82, 2.24) is 9.97 Å². The van der Waals surface area contributed by atoms with Crippen molar-refractivity contribution < 1.29 is 1.43 Å². The Morgan fingerprint density at radius 1 is 1.40 bits per heavy atom. The summed E-state index contributed by atoms with van der Waals surface area (Å²) in [6.45, 7) is 1.97. The highest BCUT2D eigenvalue weighted by atomic mass is 14.7. The SMILES string of the molecule is Cc1cnccccc[nH]1.[HH]. The van der Waals surface area contributed by atoms with Crippen LogP contribution in [-0.4, -0.2) is 9.97 Å². The lowest BCUT2D eigenvalue weighted by Crippen LogP contribution is -1.71. The summed E-state index contributed by atoms with van der Waals surface area (Å²) in [6.07, 6.45) is 5.40. The summed E-state index contributed by atoms with van der Waals surface area (Å²) in [4.78, 5) is 7.04. The Labute approximate surface area is 61.8 Å². The van der Waals surface area contributed by atoms with Gasteiger partial charge in [-0.2, -0.15) is 0 Å². The van der Waals surface area contributed by atoms with E-state index in [4.69, 9.17) is 0 Å². The van der Waals surface area contributed by atoms with Crippen molar-refractivity contribution >= 4 is 0 Å².